The molecule has 0 aliphatic heterocycles. The van der Waals surface area contributed by atoms with E-state index in [1.54, 1.807) is 61.5 Å². The highest BCUT2D eigenvalue weighted by Gasteiger charge is 2.35. The van der Waals surface area contributed by atoms with Gasteiger partial charge in [0.05, 0.1) is 10.6 Å². The number of aryl methyl sites for hydroxylation is 1. The van der Waals surface area contributed by atoms with Gasteiger partial charge in [0.15, 0.2) is 0 Å². The molecule has 0 aromatic heterocycles. The van der Waals surface area contributed by atoms with Crippen molar-refractivity contribution < 1.29 is 18.0 Å². The predicted molar refractivity (Wildman–Crippen MR) is 176 cm³/mol. The third-order valence-corrected chi connectivity index (χ3v) is 9.23. The SMILES string of the molecule is Cc1cc(Cl)ccc1N(CC(=O)N(Cc1cccc(Cl)c1)[C@@H](Cc1ccccc1)C(=O)NC(C)C)S(=O)(=O)c1ccccc1. The van der Waals surface area contributed by atoms with Crippen molar-refractivity contribution in [3.63, 3.8) is 0 Å². The average molecular weight is 653 g/mol. The fraction of sp³-hybridized carbons (Fsp3) is 0.235. The summed E-state index contributed by atoms with van der Waals surface area (Å²) >= 11 is 12.5. The standard InChI is InChI=1S/C34H35Cl2N3O4S/c1-24(2)37-34(41)32(21-26-11-6-4-7-12-26)38(22-27-13-10-14-28(35)20-27)33(40)23-39(31-18-17-29(36)19-25(31)3)44(42,43)30-15-8-5-9-16-30/h4-20,24,32H,21-23H2,1-3H3,(H,37,41)/t32-/m0/s1. The maximum atomic E-state index is 14.5. The van der Waals surface area contributed by atoms with Crippen molar-refractivity contribution in [2.75, 3.05) is 10.8 Å². The van der Waals surface area contributed by atoms with E-state index in [4.69, 9.17) is 23.2 Å². The Morgan fingerprint density at radius 1 is 0.795 bits per heavy atom. The maximum Gasteiger partial charge on any atom is 0.264 e. The zero-order valence-corrected chi connectivity index (χ0v) is 27.1. The van der Waals surface area contributed by atoms with E-state index in [0.717, 1.165) is 9.87 Å². The van der Waals surface area contributed by atoms with Crippen molar-refractivity contribution in [1.82, 2.24) is 10.2 Å². The summed E-state index contributed by atoms with van der Waals surface area (Å²) < 4.78 is 29.3. The van der Waals surface area contributed by atoms with Gasteiger partial charge < -0.3 is 10.2 Å². The molecule has 0 saturated carbocycles. The molecule has 0 aliphatic carbocycles. The molecule has 0 radical (unpaired) electrons. The lowest BCUT2D eigenvalue weighted by molar-refractivity contribution is -0.140. The molecule has 1 atom stereocenters. The van der Waals surface area contributed by atoms with Gasteiger partial charge in [-0.1, -0.05) is 83.9 Å². The first-order valence-corrected chi connectivity index (χ1v) is 16.4. The summed E-state index contributed by atoms with van der Waals surface area (Å²) in [6.07, 6.45) is 0.219. The minimum absolute atomic E-state index is 0.0290. The Bertz CT molecular complexity index is 1700. The monoisotopic (exact) mass is 651 g/mol. The fourth-order valence-electron chi connectivity index (χ4n) is 4.90. The number of hydrogen-bond acceptors (Lipinski definition) is 4. The molecule has 2 amide bonds. The lowest BCUT2D eigenvalue weighted by Crippen LogP contribution is -2.54. The maximum absolute atomic E-state index is 14.5. The molecular weight excluding hydrogens is 617 g/mol. The topological polar surface area (TPSA) is 86.8 Å². The van der Waals surface area contributed by atoms with Crippen LogP contribution in [0.3, 0.4) is 0 Å². The summed E-state index contributed by atoms with van der Waals surface area (Å²) in [5.41, 5.74) is 2.43. The van der Waals surface area contributed by atoms with Gasteiger partial charge >= 0.3 is 0 Å². The molecular formula is C34H35Cl2N3O4S. The number of carbonyl (C=O) groups excluding carboxylic acids is 2. The lowest BCUT2D eigenvalue weighted by Gasteiger charge is -2.34. The van der Waals surface area contributed by atoms with Gasteiger partial charge in [-0.15, -0.1) is 0 Å². The van der Waals surface area contributed by atoms with Crippen LogP contribution in [0.25, 0.3) is 0 Å². The van der Waals surface area contributed by atoms with Crippen LogP contribution in [0.1, 0.15) is 30.5 Å². The van der Waals surface area contributed by atoms with Gasteiger partial charge in [0.2, 0.25) is 11.8 Å². The average Bonchev–Trinajstić information content (AvgIpc) is 2.98. The third kappa shape index (κ3) is 8.40. The highest BCUT2D eigenvalue weighted by Crippen LogP contribution is 2.29. The number of benzene rings is 4. The number of carbonyl (C=O) groups is 2. The number of nitrogens with zero attached hydrogens (tertiary/aromatic N) is 2. The molecule has 0 spiro atoms. The quantitative estimate of drug-likeness (QED) is 0.186. The van der Waals surface area contributed by atoms with Crippen molar-refractivity contribution in [2.24, 2.45) is 0 Å². The van der Waals surface area contributed by atoms with Crippen molar-refractivity contribution in [2.45, 2.75) is 50.7 Å². The normalized spacial score (nSPS) is 12.0. The Labute approximate surface area is 269 Å². The van der Waals surface area contributed by atoms with Crippen molar-refractivity contribution in [1.29, 1.82) is 0 Å². The Hall–Kier alpha value is -3.85. The van der Waals surface area contributed by atoms with Crippen molar-refractivity contribution >= 4 is 50.7 Å². The zero-order valence-electron chi connectivity index (χ0n) is 24.8. The number of halogens is 2. The first-order valence-electron chi connectivity index (χ1n) is 14.2. The molecule has 4 aromatic carbocycles. The molecule has 4 aromatic rings. The van der Waals surface area contributed by atoms with Gasteiger partial charge in [-0.3, -0.25) is 13.9 Å². The lowest BCUT2D eigenvalue weighted by atomic mass is 10.0. The van der Waals surface area contributed by atoms with E-state index in [0.29, 0.717) is 26.9 Å². The minimum atomic E-state index is -4.20. The molecule has 10 heteroatoms. The van der Waals surface area contributed by atoms with Gasteiger partial charge in [-0.2, -0.15) is 0 Å². The van der Waals surface area contributed by atoms with Crippen LogP contribution in [-0.2, 0) is 32.6 Å². The van der Waals surface area contributed by atoms with Crippen LogP contribution in [0.5, 0.6) is 0 Å². The fourth-order valence-corrected chi connectivity index (χ4v) is 6.84. The Morgan fingerprint density at radius 3 is 2.02 bits per heavy atom. The summed E-state index contributed by atoms with van der Waals surface area (Å²) in [6, 6.07) is 28.0. The Balaban J connectivity index is 1.82. The molecule has 0 saturated heterocycles. The zero-order chi connectivity index (χ0) is 31.9. The summed E-state index contributed by atoms with van der Waals surface area (Å²) in [4.78, 5) is 29.7. The largest absolute Gasteiger partial charge is 0.352 e. The second kappa shape index (κ2) is 14.8. The number of hydrogen-bond donors (Lipinski definition) is 1. The second-order valence-corrected chi connectivity index (χ2v) is 13.5. The summed E-state index contributed by atoms with van der Waals surface area (Å²) in [7, 11) is -4.20. The van der Waals surface area contributed by atoms with Crippen LogP contribution >= 0.6 is 23.2 Å². The molecule has 0 heterocycles. The van der Waals surface area contributed by atoms with E-state index in [9.17, 15) is 18.0 Å². The van der Waals surface area contributed by atoms with Gasteiger partial charge in [0.1, 0.15) is 12.6 Å². The predicted octanol–water partition coefficient (Wildman–Crippen LogP) is 6.66. The van der Waals surface area contributed by atoms with E-state index < -0.39 is 28.5 Å². The summed E-state index contributed by atoms with van der Waals surface area (Å²) in [5.74, 6) is -0.905. The minimum Gasteiger partial charge on any atom is -0.352 e. The summed E-state index contributed by atoms with van der Waals surface area (Å²) in [6.45, 7) is 4.90. The smallest absolute Gasteiger partial charge is 0.264 e. The van der Waals surface area contributed by atoms with E-state index in [1.165, 1.54) is 17.0 Å². The summed E-state index contributed by atoms with van der Waals surface area (Å²) in [5, 5.41) is 3.86. The van der Waals surface area contributed by atoms with Crippen LogP contribution in [0.2, 0.25) is 10.0 Å². The van der Waals surface area contributed by atoms with Gasteiger partial charge in [0.25, 0.3) is 10.0 Å². The van der Waals surface area contributed by atoms with Crippen LogP contribution in [0.4, 0.5) is 5.69 Å². The molecule has 230 valence electrons. The van der Waals surface area contributed by atoms with Crippen LogP contribution < -0.4 is 9.62 Å². The Morgan fingerprint density at radius 2 is 1.41 bits per heavy atom. The molecule has 0 bridgehead atoms. The van der Waals surface area contributed by atoms with E-state index >= 15 is 0 Å². The molecule has 0 unspecified atom stereocenters. The number of rotatable bonds is 12. The van der Waals surface area contributed by atoms with Crippen molar-refractivity contribution in [3.8, 4) is 0 Å². The first kappa shape index (κ1) is 33.1. The van der Waals surface area contributed by atoms with Crippen molar-refractivity contribution in [3.05, 3.63) is 130 Å². The highest BCUT2D eigenvalue weighted by molar-refractivity contribution is 7.92. The van der Waals surface area contributed by atoms with Crippen LogP contribution in [0.15, 0.2) is 108 Å². The molecule has 0 fully saturated rings. The number of anilines is 1. The number of nitrogens with one attached hydrogen (secondary N) is 1. The number of amides is 2. The molecule has 1 N–H and O–H groups in total. The highest BCUT2D eigenvalue weighted by atomic mass is 35.5. The first-order chi connectivity index (χ1) is 21.0. The van der Waals surface area contributed by atoms with Crippen LogP contribution in [0, 0.1) is 6.92 Å². The van der Waals surface area contributed by atoms with E-state index in [-0.39, 0.29) is 29.8 Å². The molecule has 0 aliphatic rings. The van der Waals surface area contributed by atoms with Crippen LogP contribution in [-0.4, -0.2) is 43.8 Å². The van der Waals surface area contributed by atoms with E-state index in [2.05, 4.69) is 5.32 Å². The molecule has 7 nitrogen and oxygen atoms in total. The molecule has 44 heavy (non-hydrogen) atoms. The Kier molecular flexibility index (Phi) is 11.1. The van der Waals surface area contributed by atoms with Gasteiger partial charge in [-0.05, 0) is 79.9 Å². The van der Waals surface area contributed by atoms with Gasteiger partial charge in [-0.25, -0.2) is 8.42 Å². The molecule has 4 rings (SSSR count). The third-order valence-electron chi connectivity index (χ3n) is 6.98. The van der Waals surface area contributed by atoms with Gasteiger partial charge in [0, 0.05) is 29.1 Å². The number of sulfonamides is 1. The second-order valence-electron chi connectivity index (χ2n) is 10.8. The van der Waals surface area contributed by atoms with E-state index in [1.807, 2.05) is 50.2 Å².